The quantitative estimate of drug-likeness (QED) is 0.207. The van der Waals surface area contributed by atoms with Crippen molar-refractivity contribution in [2.24, 2.45) is 5.10 Å². The number of nitro groups is 1. The summed E-state index contributed by atoms with van der Waals surface area (Å²) in [6.45, 7) is 1.90. The molecule has 0 bridgehead atoms. The molecule has 31 heavy (non-hydrogen) atoms. The molecule has 0 aliphatic rings. The second-order valence-electron chi connectivity index (χ2n) is 6.72. The molecule has 0 aliphatic carbocycles. The molecule has 3 aromatic carbocycles. The standard InChI is InChI=1S/C23H19N3O5/c1-16-3-2-4-19(13-16)23(28)31-21-11-7-18(8-12-21)15-24-25-22(27)14-17-5-9-20(10-6-17)26(29)30/h2-13,15H,14H2,1H3,(H,25,27)/b24-15+. The number of nitrogens with one attached hydrogen (secondary N) is 1. The summed E-state index contributed by atoms with van der Waals surface area (Å²) in [5.41, 5.74) is 5.15. The molecule has 0 heterocycles. The number of nitro benzene ring substituents is 1. The summed E-state index contributed by atoms with van der Waals surface area (Å²) in [5.74, 6) is -0.400. The van der Waals surface area contributed by atoms with Crippen LogP contribution in [0.25, 0.3) is 0 Å². The number of benzene rings is 3. The lowest BCUT2D eigenvalue weighted by atomic mass is 10.1. The van der Waals surface area contributed by atoms with Crippen LogP contribution >= 0.6 is 0 Å². The SMILES string of the molecule is Cc1cccc(C(=O)Oc2ccc(/C=N/NC(=O)Cc3ccc([N+](=O)[O-])cc3)cc2)c1. The molecule has 1 amide bonds. The van der Waals surface area contributed by atoms with Gasteiger partial charge in [0, 0.05) is 12.1 Å². The number of hydrazone groups is 1. The third-order valence-corrected chi connectivity index (χ3v) is 4.26. The Labute approximate surface area is 178 Å². The van der Waals surface area contributed by atoms with Gasteiger partial charge in [-0.1, -0.05) is 29.8 Å². The average Bonchev–Trinajstić information content (AvgIpc) is 2.75. The van der Waals surface area contributed by atoms with Crippen molar-refractivity contribution in [2.45, 2.75) is 13.3 Å². The molecular weight excluding hydrogens is 398 g/mol. The second kappa shape index (κ2) is 9.93. The monoisotopic (exact) mass is 417 g/mol. The fourth-order valence-electron chi connectivity index (χ4n) is 2.70. The van der Waals surface area contributed by atoms with Gasteiger partial charge in [-0.25, -0.2) is 10.2 Å². The van der Waals surface area contributed by atoms with E-state index in [1.807, 2.05) is 13.0 Å². The minimum atomic E-state index is -0.497. The fourth-order valence-corrected chi connectivity index (χ4v) is 2.70. The third kappa shape index (κ3) is 6.33. The first-order chi connectivity index (χ1) is 14.9. The molecule has 0 saturated heterocycles. The number of non-ortho nitro benzene ring substituents is 1. The zero-order valence-corrected chi connectivity index (χ0v) is 16.6. The van der Waals surface area contributed by atoms with E-state index in [4.69, 9.17) is 4.74 Å². The molecule has 3 rings (SSSR count). The highest BCUT2D eigenvalue weighted by Gasteiger charge is 2.09. The summed E-state index contributed by atoms with van der Waals surface area (Å²) in [6, 6.07) is 19.5. The van der Waals surface area contributed by atoms with Crippen LogP contribution in [0.15, 0.2) is 77.9 Å². The van der Waals surface area contributed by atoms with Gasteiger partial charge in [0.15, 0.2) is 0 Å². The summed E-state index contributed by atoms with van der Waals surface area (Å²) >= 11 is 0. The Morgan fingerprint density at radius 2 is 1.77 bits per heavy atom. The van der Waals surface area contributed by atoms with Crippen molar-refractivity contribution in [2.75, 3.05) is 0 Å². The topological polar surface area (TPSA) is 111 Å². The number of carbonyl (C=O) groups is 2. The van der Waals surface area contributed by atoms with Crippen molar-refractivity contribution in [1.82, 2.24) is 5.43 Å². The lowest BCUT2D eigenvalue weighted by Gasteiger charge is -2.05. The van der Waals surface area contributed by atoms with E-state index in [-0.39, 0.29) is 18.0 Å². The van der Waals surface area contributed by atoms with Gasteiger partial charge < -0.3 is 4.74 Å². The number of nitrogens with zero attached hydrogens (tertiary/aromatic N) is 2. The first-order valence-electron chi connectivity index (χ1n) is 9.35. The van der Waals surface area contributed by atoms with Gasteiger partial charge in [-0.2, -0.15) is 5.10 Å². The summed E-state index contributed by atoms with van der Waals surface area (Å²) in [5, 5.41) is 14.5. The van der Waals surface area contributed by atoms with E-state index in [0.717, 1.165) is 5.56 Å². The fraction of sp³-hybridized carbons (Fsp3) is 0.0870. The largest absolute Gasteiger partial charge is 0.423 e. The van der Waals surface area contributed by atoms with Gasteiger partial charge in [0.25, 0.3) is 5.69 Å². The summed E-state index contributed by atoms with van der Waals surface area (Å²) in [7, 11) is 0. The normalized spacial score (nSPS) is 10.6. The summed E-state index contributed by atoms with van der Waals surface area (Å²) in [6.07, 6.45) is 1.50. The molecular formula is C23H19N3O5. The predicted octanol–water partition coefficient (Wildman–Crippen LogP) is 3.82. The number of hydrogen-bond acceptors (Lipinski definition) is 6. The van der Waals surface area contributed by atoms with Gasteiger partial charge >= 0.3 is 5.97 Å². The molecule has 156 valence electrons. The number of ether oxygens (including phenoxy) is 1. The lowest BCUT2D eigenvalue weighted by Crippen LogP contribution is -2.19. The highest BCUT2D eigenvalue weighted by molar-refractivity contribution is 5.91. The minimum absolute atomic E-state index is 0.0322. The van der Waals surface area contributed by atoms with E-state index in [1.165, 1.54) is 30.5 Å². The molecule has 1 N–H and O–H groups in total. The molecule has 0 aliphatic heterocycles. The van der Waals surface area contributed by atoms with Crippen LogP contribution in [0.2, 0.25) is 0 Å². The zero-order valence-electron chi connectivity index (χ0n) is 16.6. The molecule has 0 radical (unpaired) electrons. The highest BCUT2D eigenvalue weighted by atomic mass is 16.6. The first kappa shape index (κ1) is 21.4. The summed E-state index contributed by atoms with van der Waals surface area (Å²) < 4.78 is 5.35. The Hall–Kier alpha value is -4.33. The Morgan fingerprint density at radius 3 is 2.42 bits per heavy atom. The van der Waals surface area contributed by atoms with E-state index >= 15 is 0 Å². The molecule has 0 spiro atoms. The van der Waals surface area contributed by atoms with Crippen LogP contribution in [0, 0.1) is 17.0 Å². The van der Waals surface area contributed by atoms with Crippen molar-refractivity contribution in [3.63, 3.8) is 0 Å². The van der Waals surface area contributed by atoms with E-state index in [9.17, 15) is 19.7 Å². The van der Waals surface area contributed by atoms with E-state index in [1.54, 1.807) is 42.5 Å². The van der Waals surface area contributed by atoms with Gasteiger partial charge in [0.1, 0.15) is 5.75 Å². The Kier molecular flexibility index (Phi) is 6.85. The van der Waals surface area contributed by atoms with E-state index < -0.39 is 10.9 Å². The first-order valence-corrected chi connectivity index (χ1v) is 9.35. The molecule has 0 aromatic heterocycles. The smallest absolute Gasteiger partial charge is 0.343 e. The number of hydrogen-bond donors (Lipinski definition) is 1. The number of amides is 1. The van der Waals surface area contributed by atoms with Gasteiger partial charge in [-0.15, -0.1) is 0 Å². The van der Waals surface area contributed by atoms with E-state index in [0.29, 0.717) is 22.4 Å². The van der Waals surface area contributed by atoms with E-state index in [2.05, 4.69) is 10.5 Å². The number of esters is 1. The van der Waals surface area contributed by atoms with Crippen LogP contribution in [-0.4, -0.2) is 23.0 Å². The average molecular weight is 417 g/mol. The van der Waals surface area contributed by atoms with Crippen molar-refractivity contribution >= 4 is 23.8 Å². The zero-order chi connectivity index (χ0) is 22.2. The number of carbonyl (C=O) groups excluding carboxylic acids is 2. The van der Waals surface area contributed by atoms with Crippen molar-refractivity contribution in [3.8, 4) is 5.75 Å². The van der Waals surface area contributed by atoms with Crippen LogP contribution in [0.5, 0.6) is 5.75 Å². The highest BCUT2D eigenvalue weighted by Crippen LogP contribution is 2.15. The molecule has 0 fully saturated rings. The van der Waals surface area contributed by atoms with Gasteiger partial charge in [0.2, 0.25) is 5.91 Å². The maximum atomic E-state index is 12.2. The lowest BCUT2D eigenvalue weighted by molar-refractivity contribution is -0.384. The molecule has 0 atom stereocenters. The minimum Gasteiger partial charge on any atom is -0.423 e. The second-order valence-corrected chi connectivity index (χ2v) is 6.72. The van der Waals surface area contributed by atoms with Crippen LogP contribution < -0.4 is 10.2 Å². The number of aryl methyl sites for hydroxylation is 1. The van der Waals surface area contributed by atoms with Gasteiger partial charge in [-0.05, 0) is 54.4 Å². The van der Waals surface area contributed by atoms with Crippen LogP contribution in [-0.2, 0) is 11.2 Å². The molecule has 8 heteroatoms. The van der Waals surface area contributed by atoms with Crippen LogP contribution in [0.4, 0.5) is 5.69 Å². The molecule has 8 nitrogen and oxygen atoms in total. The van der Waals surface area contributed by atoms with Crippen molar-refractivity contribution < 1.29 is 19.2 Å². The predicted molar refractivity (Wildman–Crippen MR) is 115 cm³/mol. The Balaban J connectivity index is 1.50. The maximum absolute atomic E-state index is 12.2. The van der Waals surface area contributed by atoms with Crippen LogP contribution in [0.1, 0.15) is 27.0 Å². The number of rotatable bonds is 7. The summed E-state index contributed by atoms with van der Waals surface area (Å²) in [4.78, 5) is 34.3. The maximum Gasteiger partial charge on any atom is 0.343 e. The molecule has 0 saturated carbocycles. The third-order valence-electron chi connectivity index (χ3n) is 4.26. The van der Waals surface area contributed by atoms with Gasteiger partial charge in [0.05, 0.1) is 23.1 Å². The molecule has 3 aromatic rings. The van der Waals surface area contributed by atoms with Crippen molar-refractivity contribution in [3.05, 3.63) is 105 Å². The van der Waals surface area contributed by atoms with Crippen LogP contribution in [0.3, 0.4) is 0 Å². The van der Waals surface area contributed by atoms with Gasteiger partial charge in [-0.3, -0.25) is 14.9 Å². The Bertz CT molecular complexity index is 1120. The molecule has 0 unspecified atom stereocenters. The van der Waals surface area contributed by atoms with Crippen molar-refractivity contribution in [1.29, 1.82) is 0 Å². The Morgan fingerprint density at radius 1 is 1.06 bits per heavy atom.